The number of carboxylic acids is 1. The van der Waals surface area contributed by atoms with Gasteiger partial charge >= 0.3 is 5.97 Å². The lowest BCUT2D eigenvalue weighted by Crippen LogP contribution is -1.94. The lowest BCUT2D eigenvalue weighted by molar-refractivity contribution is 0.0663. The van der Waals surface area contributed by atoms with E-state index in [4.69, 9.17) is 21.1 Å². The molecule has 0 fully saturated rings. The van der Waals surface area contributed by atoms with Crippen molar-refractivity contribution in [2.45, 2.75) is 0 Å². The summed E-state index contributed by atoms with van der Waals surface area (Å²) in [6.07, 6.45) is 0. The smallest absolute Gasteiger partial charge is 0.371 e. The van der Waals surface area contributed by atoms with Crippen LogP contribution in [0, 0.1) is 5.82 Å². The van der Waals surface area contributed by atoms with E-state index in [1.54, 1.807) is 6.07 Å². The average molecular weight is 256 g/mol. The number of aromatic carboxylic acids is 1. The maximum atomic E-state index is 13.5. The topological polar surface area (TPSA) is 62.5 Å². The molecule has 0 saturated carbocycles. The Labute approximate surface area is 101 Å². The molecule has 2 aromatic rings. The molecule has 88 valence electrons. The van der Waals surface area contributed by atoms with Crippen molar-refractivity contribution in [3.05, 3.63) is 46.9 Å². The summed E-state index contributed by atoms with van der Waals surface area (Å²) in [5, 5.41) is 11.2. The average Bonchev–Trinajstić information content (AvgIpc) is 2.73. The number of carboxylic acid groups (broad SMARTS) is 1. The number of anilines is 2. The minimum absolute atomic E-state index is 0.0278. The molecule has 1 aromatic carbocycles. The lowest BCUT2D eigenvalue weighted by Gasteiger charge is -2.04. The molecule has 6 heteroatoms. The summed E-state index contributed by atoms with van der Waals surface area (Å²) in [6.45, 7) is 0. The van der Waals surface area contributed by atoms with Gasteiger partial charge in [-0.25, -0.2) is 9.18 Å². The first-order valence-electron chi connectivity index (χ1n) is 4.62. The van der Waals surface area contributed by atoms with Crippen LogP contribution in [0.3, 0.4) is 0 Å². The van der Waals surface area contributed by atoms with Crippen molar-refractivity contribution in [1.82, 2.24) is 0 Å². The number of furan rings is 1. The molecule has 0 aliphatic carbocycles. The second kappa shape index (κ2) is 4.47. The third-order valence-corrected chi connectivity index (χ3v) is 2.32. The molecule has 0 atom stereocenters. The molecule has 4 nitrogen and oxygen atoms in total. The van der Waals surface area contributed by atoms with Gasteiger partial charge in [0.1, 0.15) is 0 Å². The summed E-state index contributed by atoms with van der Waals surface area (Å²) in [6, 6.07) is 7.10. The molecule has 0 bridgehead atoms. The van der Waals surface area contributed by atoms with Crippen molar-refractivity contribution in [2.75, 3.05) is 5.32 Å². The zero-order valence-electron chi connectivity index (χ0n) is 8.41. The van der Waals surface area contributed by atoms with Gasteiger partial charge in [-0.1, -0.05) is 17.7 Å². The number of benzene rings is 1. The maximum Gasteiger partial charge on any atom is 0.371 e. The second-order valence-corrected chi connectivity index (χ2v) is 3.60. The van der Waals surface area contributed by atoms with Crippen molar-refractivity contribution in [3.63, 3.8) is 0 Å². The fraction of sp³-hybridized carbons (Fsp3) is 0. The molecule has 17 heavy (non-hydrogen) atoms. The molecule has 0 aliphatic rings. The van der Waals surface area contributed by atoms with Gasteiger partial charge in [-0.3, -0.25) is 0 Å². The van der Waals surface area contributed by atoms with Crippen LogP contribution < -0.4 is 5.32 Å². The Morgan fingerprint density at radius 3 is 2.76 bits per heavy atom. The van der Waals surface area contributed by atoms with E-state index in [2.05, 4.69) is 5.32 Å². The van der Waals surface area contributed by atoms with Crippen LogP contribution >= 0.6 is 11.6 Å². The van der Waals surface area contributed by atoms with E-state index in [1.807, 2.05) is 0 Å². The fourth-order valence-corrected chi connectivity index (χ4v) is 1.43. The van der Waals surface area contributed by atoms with Crippen LogP contribution in [0.1, 0.15) is 10.6 Å². The van der Waals surface area contributed by atoms with Crippen LogP contribution in [0.4, 0.5) is 16.0 Å². The highest BCUT2D eigenvalue weighted by atomic mass is 35.5. The Hall–Kier alpha value is -2.01. The first-order valence-corrected chi connectivity index (χ1v) is 5.00. The molecule has 0 spiro atoms. The van der Waals surface area contributed by atoms with Gasteiger partial charge < -0.3 is 14.8 Å². The van der Waals surface area contributed by atoms with Crippen molar-refractivity contribution < 1.29 is 18.7 Å². The van der Waals surface area contributed by atoms with Gasteiger partial charge in [0.2, 0.25) is 5.76 Å². The lowest BCUT2D eigenvalue weighted by atomic mass is 10.3. The highest BCUT2D eigenvalue weighted by Gasteiger charge is 2.11. The Morgan fingerprint density at radius 2 is 2.12 bits per heavy atom. The summed E-state index contributed by atoms with van der Waals surface area (Å²) in [7, 11) is 0. The zero-order chi connectivity index (χ0) is 12.4. The van der Waals surface area contributed by atoms with Gasteiger partial charge in [0.25, 0.3) is 0 Å². The molecule has 2 N–H and O–H groups in total. The molecule has 0 aliphatic heterocycles. The van der Waals surface area contributed by atoms with Gasteiger partial charge in [-0.05, 0) is 18.2 Å². The predicted octanol–water partition coefficient (Wildman–Crippen LogP) is 3.51. The number of carbonyl (C=O) groups is 1. The van der Waals surface area contributed by atoms with Crippen LogP contribution in [-0.2, 0) is 0 Å². The third-order valence-electron chi connectivity index (χ3n) is 2.03. The van der Waals surface area contributed by atoms with Crippen LogP contribution in [0.25, 0.3) is 0 Å². The van der Waals surface area contributed by atoms with Crippen LogP contribution in [0.5, 0.6) is 0 Å². The number of rotatable bonds is 3. The highest BCUT2D eigenvalue weighted by Crippen LogP contribution is 2.26. The summed E-state index contributed by atoms with van der Waals surface area (Å²) < 4.78 is 18.4. The van der Waals surface area contributed by atoms with E-state index < -0.39 is 11.8 Å². The Kier molecular flexibility index (Phi) is 3.01. The summed E-state index contributed by atoms with van der Waals surface area (Å²) in [4.78, 5) is 10.6. The largest absolute Gasteiger partial charge is 0.475 e. The summed E-state index contributed by atoms with van der Waals surface area (Å²) in [5.74, 6) is -1.91. The first-order chi connectivity index (χ1) is 8.08. The predicted molar refractivity (Wildman–Crippen MR) is 60.4 cm³/mol. The minimum atomic E-state index is -1.19. The molecule has 0 radical (unpaired) electrons. The fourth-order valence-electron chi connectivity index (χ4n) is 1.25. The molecule has 1 aromatic heterocycles. The number of hydrogen-bond donors (Lipinski definition) is 2. The van der Waals surface area contributed by atoms with Crippen LogP contribution in [0.2, 0.25) is 5.02 Å². The molecule has 0 amide bonds. The molecule has 0 saturated heterocycles. The number of hydrogen-bond acceptors (Lipinski definition) is 3. The highest BCUT2D eigenvalue weighted by molar-refractivity contribution is 6.31. The Morgan fingerprint density at radius 1 is 1.35 bits per heavy atom. The van der Waals surface area contributed by atoms with Gasteiger partial charge in [0.15, 0.2) is 11.7 Å². The van der Waals surface area contributed by atoms with Gasteiger partial charge in [0.05, 0.1) is 10.7 Å². The van der Waals surface area contributed by atoms with E-state index in [9.17, 15) is 9.18 Å². The van der Waals surface area contributed by atoms with Crippen molar-refractivity contribution in [1.29, 1.82) is 0 Å². The minimum Gasteiger partial charge on any atom is -0.475 e. The summed E-state index contributed by atoms with van der Waals surface area (Å²) >= 11 is 5.60. The second-order valence-electron chi connectivity index (χ2n) is 3.20. The van der Waals surface area contributed by atoms with Gasteiger partial charge in [-0.15, -0.1) is 0 Å². The monoisotopic (exact) mass is 255 g/mol. The maximum absolute atomic E-state index is 13.5. The normalized spacial score (nSPS) is 10.2. The molecule has 0 unspecified atom stereocenters. The third kappa shape index (κ3) is 2.39. The van der Waals surface area contributed by atoms with E-state index >= 15 is 0 Å². The quantitative estimate of drug-likeness (QED) is 0.881. The zero-order valence-corrected chi connectivity index (χ0v) is 9.16. The van der Waals surface area contributed by atoms with Gasteiger partial charge in [-0.2, -0.15) is 0 Å². The first kappa shape index (κ1) is 11.5. The van der Waals surface area contributed by atoms with E-state index in [0.29, 0.717) is 0 Å². The number of nitrogens with one attached hydrogen (secondary N) is 1. The van der Waals surface area contributed by atoms with Crippen molar-refractivity contribution in [3.8, 4) is 0 Å². The van der Waals surface area contributed by atoms with E-state index in [1.165, 1.54) is 24.3 Å². The SMILES string of the molecule is O=C(O)c1ccc(Nc2cccc(Cl)c2F)o1. The van der Waals surface area contributed by atoms with Gasteiger partial charge in [0, 0.05) is 6.07 Å². The van der Waals surface area contributed by atoms with Crippen LogP contribution in [-0.4, -0.2) is 11.1 Å². The van der Waals surface area contributed by atoms with Crippen molar-refractivity contribution in [2.24, 2.45) is 0 Å². The Balaban J connectivity index is 2.25. The molecular formula is C11H7ClFNO3. The summed E-state index contributed by atoms with van der Waals surface area (Å²) in [5.41, 5.74) is 0.115. The molecule has 1 heterocycles. The number of halogens is 2. The van der Waals surface area contributed by atoms with Crippen molar-refractivity contribution >= 4 is 29.1 Å². The molecule has 2 rings (SSSR count). The van der Waals surface area contributed by atoms with E-state index in [-0.39, 0.29) is 22.4 Å². The standard InChI is InChI=1S/C11H7ClFNO3/c12-6-2-1-3-7(10(6)13)14-9-5-4-8(17-9)11(15)16/h1-5,14H,(H,15,16). The van der Waals surface area contributed by atoms with Crippen LogP contribution in [0.15, 0.2) is 34.7 Å². The Bertz CT molecular complexity index is 568. The molecular weight excluding hydrogens is 249 g/mol. The van der Waals surface area contributed by atoms with E-state index in [0.717, 1.165) is 0 Å².